The zero-order chi connectivity index (χ0) is 18.1. The Bertz CT molecular complexity index is 722. The smallest absolute Gasteiger partial charge is 0.218 e. The van der Waals surface area contributed by atoms with E-state index in [1.165, 1.54) is 0 Å². The molecule has 0 fully saturated rings. The van der Waals surface area contributed by atoms with Crippen LogP contribution in [0.1, 0.15) is 11.1 Å². The Balaban J connectivity index is 1.84. The summed E-state index contributed by atoms with van der Waals surface area (Å²) in [6, 6.07) is 9.53. The number of methoxy groups -OCH3 is 2. The Labute approximate surface area is 153 Å². The number of hydrogen-bond donors (Lipinski definition) is 2. The van der Waals surface area contributed by atoms with Crippen molar-refractivity contribution in [3.8, 4) is 11.6 Å². The lowest BCUT2D eigenvalue weighted by Crippen LogP contribution is -2.38. The monoisotopic (exact) mass is 362 g/mol. The highest BCUT2D eigenvalue weighted by Crippen LogP contribution is 2.22. The van der Waals surface area contributed by atoms with Gasteiger partial charge in [-0.15, -0.1) is 0 Å². The molecule has 0 aliphatic carbocycles. The Kier molecular flexibility index (Phi) is 7.35. The maximum Gasteiger partial charge on any atom is 0.218 e. The van der Waals surface area contributed by atoms with Crippen LogP contribution in [-0.2, 0) is 13.0 Å². The second-order valence-corrected chi connectivity index (χ2v) is 5.64. The number of nitrogens with zero attached hydrogens (tertiary/aromatic N) is 2. The molecule has 0 spiro atoms. The maximum absolute atomic E-state index is 6.26. The van der Waals surface area contributed by atoms with E-state index in [0.29, 0.717) is 30.0 Å². The van der Waals surface area contributed by atoms with E-state index in [1.807, 2.05) is 30.3 Å². The van der Waals surface area contributed by atoms with Gasteiger partial charge in [-0.1, -0.05) is 23.7 Å². The van der Waals surface area contributed by atoms with E-state index < -0.39 is 0 Å². The lowest BCUT2D eigenvalue weighted by molar-refractivity contribution is 0.392. The van der Waals surface area contributed by atoms with Crippen molar-refractivity contribution in [3.63, 3.8) is 0 Å². The number of hydrogen-bond acceptors (Lipinski definition) is 4. The second-order valence-electron chi connectivity index (χ2n) is 5.23. The van der Waals surface area contributed by atoms with E-state index in [-0.39, 0.29) is 0 Å². The summed E-state index contributed by atoms with van der Waals surface area (Å²) in [5.74, 6) is 2.07. The van der Waals surface area contributed by atoms with Gasteiger partial charge >= 0.3 is 0 Å². The molecule has 6 nitrogen and oxygen atoms in total. The first-order chi connectivity index (χ1) is 12.2. The first kappa shape index (κ1) is 18.9. The first-order valence-corrected chi connectivity index (χ1v) is 8.30. The van der Waals surface area contributed by atoms with Gasteiger partial charge in [0.15, 0.2) is 5.96 Å². The van der Waals surface area contributed by atoms with E-state index in [4.69, 9.17) is 21.1 Å². The summed E-state index contributed by atoms with van der Waals surface area (Å²) in [7, 11) is 4.97. The molecule has 2 rings (SSSR count). The van der Waals surface area contributed by atoms with Crippen LogP contribution in [0.4, 0.5) is 0 Å². The standard InChI is InChI=1S/C18H23ClN4O2/c1-20-18(23-12-14-5-4-9-21-17(14)25-3)22-10-8-13-6-7-15(24-2)11-16(13)19/h4-7,9,11H,8,10,12H2,1-3H3,(H2,20,22,23). The summed E-state index contributed by atoms with van der Waals surface area (Å²) >= 11 is 6.26. The van der Waals surface area contributed by atoms with Crippen LogP contribution in [-0.4, -0.2) is 38.8 Å². The first-order valence-electron chi connectivity index (χ1n) is 7.92. The van der Waals surface area contributed by atoms with Gasteiger partial charge < -0.3 is 20.1 Å². The number of benzene rings is 1. The van der Waals surface area contributed by atoms with Crippen molar-refractivity contribution in [2.24, 2.45) is 4.99 Å². The lowest BCUT2D eigenvalue weighted by atomic mass is 10.1. The van der Waals surface area contributed by atoms with E-state index in [2.05, 4.69) is 20.6 Å². The number of rotatable bonds is 7. The van der Waals surface area contributed by atoms with Crippen LogP contribution in [0.5, 0.6) is 11.6 Å². The van der Waals surface area contributed by atoms with E-state index in [0.717, 1.165) is 23.3 Å². The number of guanidine groups is 1. The average Bonchev–Trinajstić information content (AvgIpc) is 2.65. The van der Waals surface area contributed by atoms with Crippen molar-refractivity contribution in [1.29, 1.82) is 0 Å². The summed E-state index contributed by atoms with van der Waals surface area (Å²) in [4.78, 5) is 8.40. The fourth-order valence-corrected chi connectivity index (χ4v) is 2.58. The summed E-state index contributed by atoms with van der Waals surface area (Å²) in [5, 5.41) is 7.21. The highest BCUT2D eigenvalue weighted by Gasteiger charge is 2.06. The van der Waals surface area contributed by atoms with Gasteiger partial charge in [-0.3, -0.25) is 4.99 Å². The number of nitrogens with one attached hydrogen (secondary N) is 2. The van der Waals surface area contributed by atoms with Gasteiger partial charge in [0.05, 0.1) is 14.2 Å². The fraction of sp³-hybridized carbons (Fsp3) is 0.333. The minimum Gasteiger partial charge on any atom is -0.497 e. The van der Waals surface area contributed by atoms with Gasteiger partial charge in [0.2, 0.25) is 5.88 Å². The van der Waals surface area contributed by atoms with Crippen molar-refractivity contribution in [2.45, 2.75) is 13.0 Å². The van der Waals surface area contributed by atoms with Gasteiger partial charge in [-0.05, 0) is 30.2 Å². The Morgan fingerprint density at radius 2 is 2.00 bits per heavy atom. The van der Waals surface area contributed by atoms with Crippen LogP contribution < -0.4 is 20.1 Å². The van der Waals surface area contributed by atoms with Gasteiger partial charge in [-0.25, -0.2) is 4.98 Å². The molecule has 25 heavy (non-hydrogen) atoms. The summed E-state index contributed by atoms with van der Waals surface area (Å²) in [6.07, 6.45) is 2.48. The normalized spacial score (nSPS) is 11.1. The topological polar surface area (TPSA) is 67.8 Å². The zero-order valence-corrected chi connectivity index (χ0v) is 15.4. The van der Waals surface area contributed by atoms with Crippen LogP contribution in [0.2, 0.25) is 5.02 Å². The van der Waals surface area contributed by atoms with Crippen molar-refractivity contribution in [3.05, 3.63) is 52.7 Å². The van der Waals surface area contributed by atoms with Gasteiger partial charge in [0, 0.05) is 36.9 Å². The highest BCUT2D eigenvalue weighted by molar-refractivity contribution is 6.31. The van der Waals surface area contributed by atoms with E-state index >= 15 is 0 Å². The van der Waals surface area contributed by atoms with Crippen molar-refractivity contribution >= 4 is 17.6 Å². The molecule has 0 aliphatic heterocycles. The predicted molar refractivity (Wildman–Crippen MR) is 101 cm³/mol. The van der Waals surface area contributed by atoms with Crippen LogP contribution in [0.15, 0.2) is 41.5 Å². The molecule has 1 heterocycles. The average molecular weight is 363 g/mol. The molecule has 0 amide bonds. The number of aromatic nitrogens is 1. The SMILES string of the molecule is CN=C(NCCc1ccc(OC)cc1Cl)NCc1cccnc1OC. The molecular weight excluding hydrogens is 340 g/mol. The molecule has 2 N–H and O–H groups in total. The van der Waals surface area contributed by atoms with Crippen LogP contribution in [0.25, 0.3) is 0 Å². The molecule has 0 saturated carbocycles. The molecule has 0 bridgehead atoms. The molecule has 0 radical (unpaired) electrons. The summed E-state index contributed by atoms with van der Waals surface area (Å²) in [5.41, 5.74) is 2.02. The van der Waals surface area contributed by atoms with Gasteiger partial charge in [0.1, 0.15) is 5.75 Å². The number of ether oxygens (including phenoxy) is 2. The quantitative estimate of drug-likeness (QED) is 0.585. The molecular formula is C18H23ClN4O2. The third-order valence-corrected chi connectivity index (χ3v) is 4.01. The number of halogens is 1. The predicted octanol–water partition coefficient (Wildman–Crippen LogP) is 2.66. The maximum atomic E-state index is 6.26. The van der Waals surface area contributed by atoms with Crippen molar-refractivity contribution in [2.75, 3.05) is 27.8 Å². The molecule has 2 aromatic rings. The van der Waals surface area contributed by atoms with E-state index in [9.17, 15) is 0 Å². The van der Waals surface area contributed by atoms with Crippen LogP contribution >= 0.6 is 11.6 Å². The molecule has 134 valence electrons. The minimum absolute atomic E-state index is 0.569. The lowest BCUT2D eigenvalue weighted by Gasteiger charge is -2.13. The van der Waals surface area contributed by atoms with E-state index in [1.54, 1.807) is 27.5 Å². The summed E-state index contributed by atoms with van der Waals surface area (Å²) < 4.78 is 10.4. The Morgan fingerprint density at radius 1 is 1.16 bits per heavy atom. The number of aliphatic imine (C=N–C) groups is 1. The van der Waals surface area contributed by atoms with Crippen LogP contribution in [0, 0.1) is 0 Å². The molecule has 0 unspecified atom stereocenters. The Hall–Kier alpha value is -2.47. The minimum atomic E-state index is 0.569. The summed E-state index contributed by atoms with van der Waals surface area (Å²) in [6.45, 7) is 1.27. The number of pyridine rings is 1. The molecule has 0 saturated heterocycles. The molecule has 0 atom stereocenters. The molecule has 0 aliphatic rings. The van der Waals surface area contributed by atoms with Crippen LogP contribution in [0.3, 0.4) is 0 Å². The molecule has 7 heteroatoms. The molecule has 1 aromatic heterocycles. The zero-order valence-electron chi connectivity index (χ0n) is 14.7. The molecule has 1 aromatic carbocycles. The highest BCUT2D eigenvalue weighted by atomic mass is 35.5. The van der Waals surface area contributed by atoms with Gasteiger partial charge in [0.25, 0.3) is 0 Å². The Morgan fingerprint density at radius 3 is 2.68 bits per heavy atom. The third-order valence-electron chi connectivity index (χ3n) is 3.66. The largest absolute Gasteiger partial charge is 0.497 e. The van der Waals surface area contributed by atoms with Crippen molar-refractivity contribution < 1.29 is 9.47 Å². The second kappa shape index (κ2) is 9.74. The van der Waals surface area contributed by atoms with Gasteiger partial charge in [-0.2, -0.15) is 0 Å². The third kappa shape index (κ3) is 5.53. The fourth-order valence-electron chi connectivity index (χ4n) is 2.32. The van der Waals surface area contributed by atoms with Crippen molar-refractivity contribution in [1.82, 2.24) is 15.6 Å².